The maximum Gasteiger partial charge on any atom is 0.317 e. The number of hydrogen-bond donors (Lipinski definition) is 1. The van der Waals surface area contributed by atoms with E-state index in [2.05, 4.69) is 0 Å². The Labute approximate surface area is 136 Å². The molecule has 1 saturated heterocycles. The summed E-state index contributed by atoms with van der Waals surface area (Å²) in [7, 11) is 1.83. The third-order valence-electron chi connectivity index (χ3n) is 4.16. The summed E-state index contributed by atoms with van der Waals surface area (Å²) in [5, 5.41) is 8.88. The predicted octanol–water partition coefficient (Wildman–Crippen LogP) is 1.46. The molecular formula is C17H24N2O4. The number of carboxylic acid groups (broad SMARTS) is 1. The average molecular weight is 320 g/mol. The number of carbonyl (C=O) groups excluding carboxylic acids is 1. The van der Waals surface area contributed by atoms with Gasteiger partial charge in [-0.25, -0.2) is 0 Å². The summed E-state index contributed by atoms with van der Waals surface area (Å²) < 4.78 is 5.51. The van der Waals surface area contributed by atoms with Crippen molar-refractivity contribution in [2.45, 2.75) is 25.3 Å². The minimum Gasteiger partial charge on any atom is -0.484 e. The number of benzene rings is 1. The van der Waals surface area contributed by atoms with E-state index in [0.29, 0.717) is 18.8 Å². The first-order valence-electron chi connectivity index (χ1n) is 7.94. The SMILES string of the molecule is CN(CC(=O)O)C1CCCN(C(=O)COc2ccccc2)CC1. The molecule has 2 rings (SSSR count). The molecule has 6 nitrogen and oxygen atoms in total. The fourth-order valence-electron chi connectivity index (χ4n) is 2.86. The molecule has 0 bridgehead atoms. The van der Waals surface area contributed by atoms with E-state index in [0.717, 1.165) is 19.3 Å². The Morgan fingerprint density at radius 1 is 1.26 bits per heavy atom. The molecule has 1 aliphatic heterocycles. The molecule has 1 unspecified atom stereocenters. The zero-order valence-electron chi connectivity index (χ0n) is 13.5. The zero-order valence-corrected chi connectivity index (χ0v) is 13.5. The Morgan fingerprint density at radius 2 is 2.00 bits per heavy atom. The standard InChI is InChI=1S/C17H24N2O4/c1-18(12-17(21)22)14-6-5-10-19(11-9-14)16(20)13-23-15-7-3-2-4-8-15/h2-4,7-8,14H,5-6,9-13H2,1H3,(H,21,22). The van der Waals surface area contributed by atoms with Crippen molar-refractivity contribution in [2.24, 2.45) is 0 Å². The lowest BCUT2D eigenvalue weighted by atomic mass is 10.1. The minimum absolute atomic E-state index is 0.0182. The minimum atomic E-state index is -0.819. The Kier molecular flexibility index (Phi) is 6.40. The lowest BCUT2D eigenvalue weighted by Crippen LogP contribution is -2.38. The Hall–Kier alpha value is -2.08. The first kappa shape index (κ1) is 17.3. The number of rotatable bonds is 6. The summed E-state index contributed by atoms with van der Waals surface area (Å²) >= 11 is 0. The normalized spacial score (nSPS) is 18.5. The highest BCUT2D eigenvalue weighted by Gasteiger charge is 2.24. The fraction of sp³-hybridized carbons (Fsp3) is 0.529. The second-order valence-electron chi connectivity index (χ2n) is 5.88. The van der Waals surface area contributed by atoms with Crippen LogP contribution in [0.4, 0.5) is 0 Å². The summed E-state index contributed by atoms with van der Waals surface area (Å²) in [4.78, 5) is 26.8. The second-order valence-corrected chi connectivity index (χ2v) is 5.88. The lowest BCUT2D eigenvalue weighted by molar-refractivity contribution is -0.138. The molecule has 0 aromatic heterocycles. The van der Waals surface area contributed by atoms with Gasteiger partial charge in [-0.2, -0.15) is 0 Å². The predicted molar refractivity (Wildman–Crippen MR) is 86.4 cm³/mol. The van der Waals surface area contributed by atoms with Gasteiger partial charge in [-0.05, 0) is 38.4 Å². The van der Waals surface area contributed by atoms with Crippen LogP contribution in [0.1, 0.15) is 19.3 Å². The van der Waals surface area contributed by atoms with Crippen LogP contribution < -0.4 is 4.74 Å². The van der Waals surface area contributed by atoms with Crippen LogP contribution >= 0.6 is 0 Å². The largest absolute Gasteiger partial charge is 0.484 e. The summed E-state index contributed by atoms with van der Waals surface area (Å²) in [6.07, 6.45) is 2.58. The van der Waals surface area contributed by atoms with Crippen molar-refractivity contribution in [3.63, 3.8) is 0 Å². The van der Waals surface area contributed by atoms with E-state index in [1.54, 1.807) is 0 Å². The first-order chi connectivity index (χ1) is 11.1. The highest BCUT2D eigenvalue weighted by atomic mass is 16.5. The maximum atomic E-state index is 12.3. The van der Waals surface area contributed by atoms with Crippen LogP contribution in [0, 0.1) is 0 Å². The van der Waals surface area contributed by atoms with Gasteiger partial charge in [-0.15, -0.1) is 0 Å². The van der Waals surface area contributed by atoms with Crippen molar-refractivity contribution in [1.29, 1.82) is 0 Å². The molecule has 1 fully saturated rings. The first-order valence-corrected chi connectivity index (χ1v) is 7.94. The van der Waals surface area contributed by atoms with Gasteiger partial charge in [0.2, 0.25) is 0 Å². The van der Waals surface area contributed by atoms with Gasteiger partial charge in [-0.1, -0.05) is 18.2 Å². The number of amides is 1. The number of likely N-dealkylation sites (tertiary alicyclic amines) is 1. The molecule has 0 radical (unpaired) electrons. The maximum absolute atomic E-state index is 12.3. The van der Waals surface area contributed by atoms with Crippen LogP contribution in [-0.4, -0.2) is 66.1 Å². The van der Waals surface area contributed by atoms with Crippen molar-refractivity contribution in [1.82, 2.24) is 9.80 Å². The third-order valence-corrected chi connectivity index (χ3v) is 4.16. The molecule has 1 heterocycles. The van der Waals surface area contributed by atoms with Crippen molar-refractivity contribution in [2.75, 3.05) is 33.3 Å². The smallest absolute Gasteiger partial charge is 0.317 e. The molecule has 1 N–H and O–H groups in total. The highest BCUT2D eigenvalue weighted by Crippen LogP contribution is 2.16. The van der Waals surface area contributed by atoms with E-state index in [4.69, 9.17) is 9.84 Å². The van der Waals surface area contributed by atoms with E-state index in [1.807, 2.05) is 47.2 Å². The zero-order chi connectivity index (χ0) is 16.7. The number of ether oxygens (including phenoxy) is 1. The van der Waals surface area contributed by atoms with E-state index in [9.17, 15) is 9.59 Å². The molecule has 1 aliphatic rings. The number of carboxylic acids is 1. The molecule has 0 spiro atoms. The second kappa shape index (κ2) is 8.53. The van der Waals surface area contributed by atoms with Crippen molar-refractivity contribution in [3.05, 3.63) is 30.3 Å². The number of likely N-dealkylation sites (N-methyl/N-ethyl adjacent to an activating group) is 1. The van der Waals surface area contributed by atoms with Crippen molar-refractivity contribution in [3.8, 4) is 5.75 Å². The molecule has 126 valence electrons. The number of hydrogen-bond acceptors (Lipinski definition) is 4. The lowest BCUT2D eigenvalue weighted by Gasteiger charge is -2.25. The molecule has 0 aliphatic carbocycles. The molecule has 1 aromatic rings. The van der Waals surface area contributed by atoms with E-state index >= 15 is 0 Å². The van der Waals surface area contributed by atoms with Crippen LogP contribution in [0.25, 0.3) is 0 Å². The van der Waals surface area contributed by atoms with Gasteiger partial charge in [0.05, 0.1) is 6.54 Å². The Morgan fingerprint density at radius 3 is 2.70 bits per heavy atom. The van der Waals surface area contributed by atoms with Gasteiger partial charge >= 0.3 is 5.97 Å². The van der Waals surface area contributed by atoms with E-state index in [1.165, 1.54) is 0 Å². The Balaban J connectivity index is 1.80. The summed E-state index contributed by atoms with van der Waals surface area (Å²) in [5.74, 6) is -0.147. The van der Waals surface area contributed by atoms with Gasteiger partial charge in [0.25, 0.3) is 5.91 Å². The average Bonchev–Trinajstić information content (AvgIpc) is 2.79. The van der Waals surface area contributed by atoms with Crippen LogP contribution in [0.5, 0.6) is 5.75 Å². The molecule has 1 atom stereocenters. The number of aliphatic carboxylic acids is 1. The quantitative estimate of drug-likeness (QED) is 0.859. The highest BCUT2D eigenvalue weighted by molar-refractivity contribution is 5.77. The summed E-state index contributed by atoms with van der Waals surface area (Å²) in [6, 6.07) is 9.50. The van der Waals surface area contributed by atoms with Crippen LogP contribution in [0.15, 0.2) is 30.3 Å². The van der Waals surface area contributed by atoms with Crippen LogP contribution in [-0.2, 0) is 9.59 Å². The van der Waals surface area contributed by atoms with Gasteiger partial charge in [-0.3, -0.25) is 14.5 Å². The molecular weight excluding hydrogens is 296 g/mol. The molecule has 0 saturated carbocycles. The van der Waals surface area contributed by atoms with Crippen LogP contribution in [0.3, 0.4) is 0 Å². The fourth-order valence-corrected chi connectivity index (χ4v) is 2.86. The van der Waals surface area contributed by atoms with E-state index in [-0.39, 0.29) is 25.1 Å². The van der Waals surface area contributed by atoms with Gasteiger partial charge in [0.15, 0.2) is 6.61 Å². The molecule has 6 heteroatoms. The third kappa shape index (κ3) is 5.56. The topological polar surface area (TPSA) is 70.1 Å². The van der Waals surface area contributed by atoms with Crippen LogP contribution in [0.2, 0.25) is 0 Å². The number of carbonyl (C=O) groups is 2. The van der Waals surface area contributed by atoms with Gasteiger partial charge in [0, 0.05) is 19.1 Å². The monoisotopic (exact) mass is 320 g/mol. The molecule has 1 amide bonds. The number of nitrogens with zero attached hydrogens (tertiary/aromatic N) is 2. The van der Waals surface area contributed by atoms with Gasteiger partial charge < -0.3 is 14.7 Å². The van der Waals surface area contributed by atoms with Crippen molar-refractivity contribution >= 4 is 11.9 Å². The van der Waals surface area contributed by atoms with Gasteiger partial charge in [0.1, 0.15) is 5.75 Å². The van der Waals surface area contributed by atoms with E-state index < -0.39 is 5.97 Å². The summed E-state index contributed by atoms with van der Waals surface area (Å²) in [5.41, 5.74) is 0. The number of para-hydroxylation sites is 1. The summed E-state index contributed by atoms with van der Waals surface area (Å²) in [6.45, 7) is 1.43. The Bertz CT molecular complexity index is 521. The van der Waals surface area contributed by atoms with Crippen molar-refractivity contribution < 1.29 is 19.4 Å². The molecule has 1 aromatic carbocycles. The molecule has 23 heavy (non-hydrogen) atoms.